The SMILES string of the molecule is CC1(C(=O)Nc2cc(C(N)=O)ccc2F)CCNC1. The number of primary amides is 1. The van der Waals surface area contributed by atoms with Crippen LogP contribution in [-0.2, 0) is 4.79 Å². The van der Waals surface area contributed by atoms with Gasteiger partial charge in [0.25, 0.3) is 0 Å². The van der Waals surface area contributed by atoms with Crippen LogP contribution in [0.1, 0.15) is 23.7 Å². The lowest BCUT2D eigenvalue weighted by Crippen LogP contribution is -2.35. The van der Waals surface area contributed by atoms with Crippen LogP contribution >= 0.6 is 0 Å². The maximum absolute atomic E-state index is 13.6. The van der Waals surface area contributed by atoms with Gasteiger partial charge in [0, 0.05) is 12.1 Å². The van der Waals surface area contributed by atoms with Crippen molar-refractivity contribution in [3.05, 3.63) is 29.6 Å². The van der Waals surface area contributed by atoms with Crippen LogP contribution in [0.15, 0.2) is 18.2 Å². The lowest BCUT2D eigenvalue weighted by atomic mass is 9.88. The molecule has 102 valence electrons. The molecule has 19 heavy (non-hydrogen) atoms. The van der Waals surface area contributed by atoms with Crippen LogP contribution in [0.3, 0.4) is 0 Å². The number of anilines is 1. The van der Waals surface area contributed by atoms with Crippen molar-refractivity contribution < 1.29 is 14.0 Å². The molecular formula is C13H16FN3O2. The highest BCUT2D eigenvalue weighted by molar-refractivity contribution is 5.98. The summed E-state index contributed by atoms with van der Waals surface area (Å²) >= 11 is 0. The van der Waals surface area contributed by atoms with Crippen molar-refractivity contribution in [2.45, 2.75) is 13.3 Å². The molecule has 5 nitrogen and oxygen atoms in total. The van der Waals surface area contributed by atoms with Crippen molar-refractivity contribution in [3.8, 4) is 0 Å². The van der Waals surface area contributed by atoms with Crippen molar-refractivity contribution in [1.29, 1.82) is 0 Å². The topological polar surface area (TPSA) is 84.2 Å². The molecule has 1 saturated heterocycles. The number of nitrogens with two attached hydrogens (primary N) is 1. The van der Waals surface area contributed by atoms with Crippen LogP contribution in [0.4, 0.5) is 10.1 Å². The zero-order chi connectivity index (χ0) is 14.0. The van der Waals surface area contributed by atoms with Gasteiger partial charge in [-0.2, -0.15) is 0 Å². The molecule has 0 radical (unpaired) electrons. The predicted octanol–water partition coefficient (Wildman–Crippen LogP) is 0.863. The number of benzene rings is 1. The van der Waals surface area contributed by atoms with E-state index >= 15 is 0 Å². The molecule has 2 amide bonds. The Balaban J connectivity index is 2.20. The summed E-state index contributed by atoms with van der Waals surface area (Å²) in [7, 11) is 0. The highest BCUT2D eigenvalue weighted by atomic mass is 19.1. The Morgan fingerprint density at radius 2 is 2.21 bits per heavy atom. The van der Waals surface area contributed by atoms with Crippen LogP contribution in [-0.4, -0.2) is 24.9 Å². The molecule has 1 aromatic rings. The first kappa shape index (κ1) is 13.5. The van der Waals surface area contributed by atoms with Gasteiger partial charge in [0.1, 0.15) is 5.82 Å². The van der Waals surface area contributed by atoms with Gasteiger partial charge in [-0.1, -0.05) is 0 Å². The third kappa shape index (κ3) is 2.73. The summed E-state index contributed by atoms with van der Waals surface area (Å²) in [6.45, 7) is 3.13. The molecule has 1 heterocycles. The number of carbonyl (C=O) groups is 2. The summed E-state index contributed by atoms with van der Waals surface area (Å²) in [5.74, 6) is -1.52. The van der Waals surface area contributed by atoms with Gasteiger partial charge in [-0.05, 0) is 38.1 Å². The zero-order valence-corrected chi connectivity index (χ0v) is 10.6. The van der Waals surface area contributed by atoms with Gasteiger partial charge in [0.05, 0.1) is 11.1 Å². The first-order chi connectivity index (χ1) is 8.92. The monoisotopic (exact) mass is 265 g/mol. The minimum atomic E-state index is -0.663. The molecule has 0 saturated carbocycles. The molecule has 0 spiro atoms. The fourth-order valence-corrected chi connectivity index (χ4v) is 2.06. The van der Waals surface area contributed by atoms with E-state index in [1.165, 1.54) is 12.1 Å². The van der Waals surface area contributed by atoms with Gasteiger partial charge in [-0.15, -0.1) is 0 Å². The first-order valence-electron chi connectivity index (χ1n) is 6.04. The van der Waals surface area contributed by atoms with Gasteiger partial charge in [-0.25, -0.2) is 4.39 Å². The third-order valence-corrected chi connectivity index (χ3v) is 3.42. The molecule has 1 aliphatic heterocycles. The van der Waals surface area contributed by atoms with E-state index in [0.29, 0.717) is 13.0 Å². The van der Waals surface area contributed by atoms with E-state index < -0.39 is 17.1 Å². The molecule has 0 bridgehead atoms. The summed E-state index contributed by atoms with van der Waals surface area (Å²) in [4.78, 5) is 23.2. The Morgan fingerprint density at radius 3 is 2.79 bits per heavy atom. The lowest BCUT2D eigenvalue weighted by Gasteiger charge is -2.21. The lowest BCUT2D eigenvalue weighted by molar-refractivity contribution is -0.123. The molecular weight excluding hydrogens is 249 g/mol. The van der Waals surface area contributed by atoms with Crippen LogP contribution in [0.25, 0.3) is 0 Å². The maximum atomic E-state index is 13.6. The standard InChI is InChI=1S/C13H16FN3O2/c1-13(4-5-16-7-13)12(19)17-10-6-8(11(15)18)2-3-9(10)14/h2-3,6,16H,4-5,7H2,1H3,(H2,15,18)(H,17,19). The molecule has 0 aromatic heterocycles. The van der Waals surface area contributed by atoms with Crippen molar-refractivity contribution in [1.82, 2.24) is 5.32 Å². The highest BCUT2D eigenvalue weighted by Gasteiger charge is 2.36. The van der Waals surface area contributed by atoms with E-state index in [4.69, 9.17) is 5.73 Å². The number of amides is 2. The van der Waals surface area contributed by atoms with E-state index in [1.807, 2.05) is 6.92 Å². The normalized spacial score (nSPS) is 22.2. The number of carbonyl (C=O) groups excluding carboxylic acids is 2. The van der Waals surface area contributed by atoms with Crippen molar-refractivity contribution in [2.75, 3.05) is 18.4 Å². The van der Waals surface area contributed by atoms with E-state index in [1.54, 1.807) is 0 Å². The Kier molecular flexibility index (Phi) is 3.53. The second-order valence-corrected chi connectivity index (χ2v) is 5.00. The first-order valence-corrected chi connectivity index (χ1v) is 6.04. The second-order valence-electron chi connectivity index (χ2n) is 5.00. The number of nitrogens with one attached hydrogen (secondary N) is 2. The molecule has 2 rings (SSSR count). The largest absolute Gasteiger partial charge is 0.366 e. The summed E-state index contributed by atoms with van der Waals surface area (Å²) in [6, 6.07) is 3.65. The number of rotatable bonds is 3. The summed E-state index contributed by atoms with van der Waals surface area (Å²) in [5, 5.41) is 5.62. The minimum absolute atomic E-state index is 0.0191. The fraction of sp³-hybridized carbons (Fsp3) is 0.385. The molecule has 1 atom stereocenters. The molecule has 1 aromatic carbocycles. The summed E-state index contributed by atoms with van der Waals surface area (Å²) in [6.07, 6.45) is 0.690. The van der Waals surface area contributed by atoms with Crippen molar-refractivity contribution in [3.63, 3.8) is 0 Å². The molecule has 1 unspecified atom stereocenters. The molecule has 1 aliphatic rings. The summed E-state index contributed by atoms with van der Waals surface area (Å²) < 4.78 is 13.6. The average Bonchev–Trinajstić information content (AvgIpc) is 2.80. The smallest absolute Gasteiger partial charge is 0.248 e. The Morgan fingerprint density at radius 1 is 1.47 bits per heavy atom. The van der Waals surface area contributed by atoms with Gasteiger partial charge in [0.2, 0.25) is 11.8 Å². The molecule has 0 aliphatic carbocycles. The number of halogens is 1. The predicted molar refractivity (Wildman–Crippen MR) is 69.1 cm³/mol. The van der Waals surface area contributed by atoms with Gasteiger partial charge < -0.3 is 16.4 Å². The molecule has 1 fully saturated rings. The van der Waals surface area contributed by atoms with E-state index in [0.717, 1.165) is 12.6 Å². The Bertz CT molecular complexity index is 525. The van der Waals surface area contributed by atoms with Gasteiger partial charge in [0.15, 0.2) is 0 Å². The van der Waals surface area contributed by atoms with Crippen LogP contribution in [0, 0.1) is 11.2 Å². The van der Waals surface area contributed by atoms with Crippen LogP contribution in [0.5, 0.6) is 0 Å². The average molecular weight is 265 g/mol. The number of hydrogen-bond donors (Lipinski definition) is 3. The van der Waals surface area contributed by atoms with E-state index in [9.17, 15) is 14.0 Å². The zero-order valence-electron chi connectivity index (χ0n) is 10.6. The van der Waals surface area contributed by atoms with Crippen LogP contribution < -0.4 is 16.4 Å². The fourth-order valence-electron chi connectivity index (χ4n) is 2.06. The minimum Gasteiger partial charge on any atom is -0.366 e. The molecule has 6 heteroatoms. The number of hydrogen-bond acceptors (Lipinski definition) is 3. The van der Waals surface area contributed by atoms with Crippen molar-refractivity contribution >= 4 is 17.5 Å². The summed E-state index contributed by atoms with van der Waals surface area (Å²) in [5.41, 5.74) is 4.71. The van der Waals surface area contributed by atoms with Gasteiger partial charge >= 0.3 is 0 Å². The van der Waals surface area contributed by atoms with Crippen molar-refractivity contribution in [2.24, 2.45) is 11.1 Å². The Hall–Kier alpha value is -1.95. The molecule has 4 N–H and O–H groups in total. The third-order valence-electron chi connectivity index (χ3n) is 3.42. The maximum Gasteiger partial charge on any atom is 0.248 e. The Labute approximate surface area is 110 Å². The van der Waals surface area contributed by atoms with E-state index in [2.05, 4.69) is 10.6 Å². The van der Waals surface area contributed by atoms with Gasteiger partial charge in [-0.3, -0.25) is 9.59 Å². The second kappa shape index (κ2) is 4.97. The van der Waals surface area contributed by atoms with Crippen LogP contribution in [0.2, 0.25) is 0 Å². The quantitative estimate of drug-likeness (QED) is 0.758. The van der Waals surface area contributed by atoms with E-state index in [-0.39, 0.29) is 17.2 Å². The highest BCUT2D eigenvalue weighted by Crippen LogP contribution is 2.27.